The van der Waals surface area contributed by atoms with E-state index in [-0.39, 0.29) is 12.4 Å². The lowest BCUT2D eigenvalue weighted by Gasteiger charge is -2.14. The smallest absolute Gasteiger partial charge is 0.347 e. The van der Waals surface area contributed by atoms with Gasteiger partial charge in [0, 0.05) is 16.5 Å². The van der Waals surface area contributed by atoms with Crippen molar-refractivity contribution in [1.82, 2.24) is 0 Å². The molecule has 0 aliphatic rings. The standard InChI is InChI=1S/C20H18BrNO4/c1-14(26-18-10-4-15(13-22)5-11-18)20(24)25-12-2-3-19(23)16-6-8-17(21)9-7-16/h4-11,14H,2-3,12H2,1H3/t14-/m0/s1. The Kier molecular flexibility index (Phi) is 7.37. The van der Waals surface area contributed by atoms with Gasteiger partial charge in [0.25, 0.3) is 0 Å². The molecule has 0 aromatic heterocycles. The Bertz CT molecular complexity index is 794. The molecule has 0 fully saturated rings. The number of nitrogens with zero attached hydrogens (tertiary/aromatic N) is 1. The largest absolute Gasteiger partial charge is 0.479 e. The van der Waals surface area contributed by atoms with Crippen LogP contribution in [0.5, 0.6) is 5.75 Å². The van der Waals surface area contributed by atoms with Gasteiger partial charge < -0.3 is 9.47 Å². The Morgan fingerprint density at radius 3 is 2.38 bits per heavy atom. The van der Waals surface area contributed by atoms with Crippen LogP contribution in [0.4, 0.5) is 0 Å². The normalized spacial score (nSPS) is 11.3. The average Bonchev–Trinajstić information content (AvgIpc) is 2.66. The number of hydrogen-bond donors (Lipinski definition) is 0. The van der Waals surface area contributed by atoms with Gasteiger partial charge in [-0.05, 0) is 49.7 Å². The van der Waals surface area contributed by atoms with Crippen molar-refractivity contribution in [2.45, 2.75) is 25.9 Å². The van der Waals surface area contributed by atoms with Crippen LogP contribution in [0.2, 0.25) is 0 Å². The number of esters is 1. The molecule has 0 bridgehead atoms. The van der Waals surface area contributed by atoms with E-state index < -0.39 is 12.1 Å². The first-order valence-electron chi connectivity index (χ1n) is 8.12. The fraction of sp³-hybridized carbons (Fsp3) is 0.250. The van der Waals surface area contributed by atoms with Crippen molar-refractivity contribution in [3.05, 3.63) is 64.1 Å². The summed E-state index contributed by atoms with van der Waals surface area (Å²) in [5.41, 5.74) is 1.15. The maximum atomic E-state index is 12.0. The molecule has 0 saturated heterocycles. The first-order valence-corrected chi connectivity index (χ1v) is 8.91. The molecule has 2 aromatic rings. The predicted octanol–water partition coefficient (Wildman–Crippen LogP) is 4.29. The minimum absolute atomic E-state index is 0.00966. The molecule has 0 spiro atoms. The number of rotatable bonds is 8. The maximum absolute atomic E-state index is 12.0. The fourth-order valence-corrected chi connectivity index (χ4v) is 2.43. The topological polar surface area (TPSA) is 76.4 Å². The number of nitriles is 1. The molecule has 0 unspecified atom stereocenters. The highest BCUT2D eigenvalue weighted by Gasteiger charge is 2.16. The highest BCUT2D eigenvalue weighted by atomic mass is 79.9. The summed E-state index contributed by atoms with van der Waals surface area (Å²) >= 11 is 3.32. The summed E-state index contributed by atoms with van der Waals surface area (Å²) in [6.07, 6.45) is -0.0191. The van der Waals surface area contributed by atoms with Gasteiger partial charge in [0.05, 0.1) is 18.2 Å². The highest BCUT2D eigenvalue weighted by Crippen LogP contribution is 2.15. The summed E-state index contributed by atoms with van der Waals surface area (Å²) in [4.78, 5) is 24.0. The predicted molar refractivity (Wildman–Crippen MR) is 99.9 cm³/mol. The minimum Gasteiger partial charge on any atom is -0.479 e. The molecule has 0 heterocycles. The Morgan fingerprint density at radius 2 is 1.77 bits per heavy atom. The number of ether oxygens (including phenoxy) is 2. The second-order valence-electron chi connectivity index (χ2n) is 5.60. The van der Waals surface area contributed by atoms with E-state index in [0.717, 1.165) is 4.47 Å². The summed E-state index contributed by atoms with van der Waals surface area (Å²) in [7, 11) is 0. The van der Waals surface area contributed by atoms with Crippen LogP contribution in [0.3, 0.4) is 0 Å². The summed E-state index contributed by atoms with van der Waals surface area (Å²) in [6.45, 7) is 1.75. The van der Waals surface area contributed by atoms with E-state index in [1.807, 2.05) is 18.2 Å². The van der Waals surface area contributed by atoms with Gasteiger partial charge in [-0.1, -0.05) is 28.1 Å². The van der Waals surface area contributed by atoms with Crippen LogP contribution in [0.15, 0.2) is 53.0 Å². The van der Waals surface area contributed by atoms with Gasteiger partial charge in [-0.2, -0.15) is 5.26 Å². The van der Waals surface area contributed by atoms with E-state index in [4.69, 9.17) is 14.7 Å². The van der Waals surface area contributed by atoms with Crippen LogP contribution in [0, 0.1) is 11.3 Å². The van der Waals surface area contributed by atoms with Crippen LogP contribution in [-0.4, -0.2) is 24.5 Å². The number of ketones is 1. The lowest BCUT2D eigenvalue weighted by atomic mass is 10.1. The SMILES string of the molecule is C[C@H](Oc1ccc(C#N)cc1)C(=O)OCCCC(=O)c1ccc(Br)cc1. The molecule has 0 aliphatic heterocycles. The van der Waals surface area contributed by atoms with E-state index in [9.17, 15) is 9.59 Å². The molecule has 0 amide bonds. The quantitative estimate of drug-likeness (QED) is 0.365. The first kappa shape index (κ1) is 19.7. The van der Waals surface area contributed by atoms with Crippen LogP contribution < -0.4 is 4.74 Å². The van der Waals surface area contributed by atoms with Gasteiger partial charge in [0.1, 0.15) is 5.75 Å². The maximum Gasteiger partial charge on any atom is 0.347 e. The zero-order valence-electron chi connectivity index (χ0n) is 14.3. The van der Waals surface area contributed by atoms with Gasteiger partial charge in [-0.25, -0.2) is 4.79 Å². The molecular formula is C20H18BrNO4. The Hall–Kier alpha value is -2.65. The summed E-state index contributed by atoms with van der Waals surface area (Å²) < 4.78 is 11.5. The van der Waals surface area contributed by atoms with Crippen molar-refractivity contribution in [3.8, 4) is 11.8 Å². The molecule has 0 aliphatic carbocycles. The zero-order chi connectivity index (χ0) is 18.9. The van der Waals surface area contributed by atoms with E-state index in [1.54, 1.807) is 43.3 Å². The number of Topliss-reactive ketones (excluding diaryl/α,β-unsaturated/α-hetero) is 1. The summed E-state index contributed by atoms with van der Waals surface area (Å²) in [6, 6.07) is 15.6. The first-order chi connectivity index (χ1) is 12.5. The third kappa shape index (κ3) is 6.01. The minimum atomic E-state index is -0.773. The molecule has 2 rings (SSSR count). The van der Waals surface area contributed by atoms with Crippen LogP contribution in [0.25, 0.3) is 0 Å². The molecule has 0 radical (unpaired) electrons. The van der Waals surface area contributed by atoms with E-state index >= 15 is 0 Å². The van der Waals surface area contributed by atoms with Crippen LogP contribution in [0.1, 0.15) is 35.7 Å². The Labute approximate surface area is 160 Å². The third-order valence-electron chi connectivity index (χ3n) is 3.59. The molecule has 5 nitrogen and oxygen atoms in total. The van der Waals surface area contributed by atoms with Gasteiger partial charge in [-0.15, -0.1) is 0 Å². The second kappa shape index (κ2) is 9.73. The Morgan fingerprint density at radius 1 is 1.12 bits per heavy atom. The second-order valence-corrected chi connectivity index (χ2v) is 6.51. The van der Waals surface area contributed by atoms with Gasteiger partial charge >= 0.3 is 5.97 Å². The highest BCUT2D eigenvalue weighted by molar-refractivity contribution is 9.10. The molecule has 6 heteroatoms. The average molecular weight is 416 g/mol. The fourth-order valence-electron chi connectivity index (χ4n) is 2.16. The van der Waals surface area contributed by atoms with Crippen molar-refractivity contribution in [2.24, 2.45) is 0 Å². The van der Waals surface area contributed by atoms with E-state index in [0.29, 0.717) is 29.7 Å². The van der Waals surface area contributed by atoms with Gasteiger partial charge in [0.15, 0.2) is 11.9 Å². The monoisotopic (exact) mass is 415 g/mol. The molecule has 26 heavy (non-hydrogen) atoms. The van der Waals surface area contributed by atoms with Crippen LogP contribution in [-0.2, 0) is 9.53 Å². The van der Waals surface area contributed by atoms with Crippen molar-refractivity contribution >= 4 is 27.7 Å². The van der Waals surface area contributed by atoms with Crippen molar-refractivity contribution in [2.75, 3.05) is 6.61 Å². The molecule has 134 valence electrons. The van der Waals surface area contributed by atoms with Crippen molar-refractivity contribution in [3.63, 3.8) is 0 Å². The Balaban J connectivity index is 1.71. The summed E-state index contributed by atoms with van der Waals surface area (Å²) in [5, 5.41) is 8.75. The van der Waals surface area contributed by atoms with Gasteiger partial charge in [-0.3, -0.25) is 4.79 Å². The lowest BCUT2D eigenvalue weighted by Crippen LogP contribution is -2.26. The number of halogens is 1. The lowest BCUT2D eigenvalue weighted by molar-refractivity contribution is -0.151. The molecule has 2 aromatic carbocycles. The molecule has 0 N–H and O–H groups in total. The molecular weight excluding hydrogens is 398 g/mol. The molecule has 1 atom stereocenters. The van der Waals surface area contributed by atoms with Crippen LogP contribution >= 0.6 is 15.9 Å². The molecule has 0 saturated carbocycles. The van der Waals surface area contributed by atoms with E-state index in [2.05, 4.69) is 15.9 Å². The summed E-state index contributed by atoms with van der Waals surface area (Å²) in [5.74, 6) is -0.000235. The number of hydrogen-bond acceptors (Lipinski definition) is 5. The van der Waals surface area contributed by atoms with Gasteiger partial charge in [0.2, 0.25) is 0 Å². The van der Waals surface area contributed by atoms with E-state index in [1.165, 1.54) is 0 Å². The number of carbonyl (C=O) groups is 2. The zero-order valence-corrected chi connectivity index (χ0v) is 15.9. The number of carbonyl (C=O) groups excluding carboxylic acids is 2. The number of benzene rings is 2. The van der Waals surface area contributed by atoms with Crippen molar-refractivity contribution < 1.29 is 19.1 Å². The third-order valence-corrected chi connectivity index (χ3v) is 4.12. The van der Waals surface area contributed by atoms with Crippen molar-refractivity contribution in [1.29, 1.82) is 5.26 Å².